The first-order valence-corrected chi connectivity index (χ1v) is 10.7. The quantitative estimate of drug-likeness (QED) is 0.440. The predicted octanol–water partition coefficient (Wildman–Crippen LogP) is 4.50. The summed E-state index contributed by atoms with van der Waals surface area (Å²) in [6.45, 7) is 3.92. The van der Waals surface area contributed by atoms with E-state index in [1.165, 1.54) is 11.3 Å². The van der Waals surface area contributed by atoms with Crippen LogP contribution in [0.5, 0.6) is 0 Å². The second kappa shape index (κ2) is 8.47. The smallest absolute Gasteiger partial charge is 0.258 e. The molecular weight excluding hydrogens is 440 g/mol. The van der Waals surface area contributed by atoms with Gasteiger partial charge in [-0.05, 0) is 49.0 Å². The summed E-state index contributed by atoms with van der Waals surface area (Å²) in [5, 5.41) is 19.9. The summed E-state index contributed by atoms with van der Waals surface area (Å²) >= 11 is 12.9. The average molecular weight is 457 g/mol. The normalized spacial score (nSPS) is 10.9. The van der Waals surface area contributed by atoms with Gasteiger partial charge in [0, 0.05) is 17.7 Å². The molecule has 0 unspecified atom stereocenters. The Bertz CT molecular complexity index is 1270. The van der Waals surface area contributed by atoms with Gasteiger partial charge in [-0.1, -0.05) is 48.1 Å². The molecule has 0 fully saturated rings. The van der Waals surface area contributed by atoms with Gasteiger partial charge in [0.15, 0.2) is 10.9 Å². The zero-order chi connectivity index (χ0) is 21.3. The second-order valence-corrected chi connectivity index (χ2v) is 8.32. The number of hydrogen-bond acceptors (Lipinski definition) is 6. The van der Waals surface area contributed by atoms with Crippen molar-refractivity contribution in [2.75, 3.05) is 5.32 Å². The molecule has 30 heavy (non-hydrogen) atoms. The Morgan fingerprint density at radius 2 is 2.07 bits per heavy atom. The van der Waals surface area contributed by atoms with E-state index in [0.717, 1.165) is 39.0 Å². The van der Waals surface area contributed by atoms with Crippen molar-refractivity contribution >= 4 is 56.8 Å². The van der Waals surface area contributed by atoms with Gasteiger partial charge in [-0.25, -0.2) is 0 Å². The summed E-state index contributed by atoms with van der Waals surface area (Å²) in [7, 11) is 0. The fraction of sp³-hybridized carbons (Fsp3) is 0.150. The maximum absolute atomic E-state index is 12.4. The van der Waals surface area contributed by atoms with Gasteiger partial charge in [-0.2, -0.15) is 9.61 Å². The third-order valence-corrected chi connectivity index (χ3v) is 5.80. The Labute approximate surface area is 187 Å². The molecule has 4 aromatic rings. The highest BCUT2D eigenvalue weighted by Crippen LogP contribution is 2.27. The van der Waals surface area contributed by atoms with Gasteiger partial charge in [-0.15, -0.1) is 10.2 Å². The van der Waals surface area contributed by atoms with Crippen LogP contribution in [0.15, 0.2) is 42.5 Å². The van der Waals surface area contributed by atoms with Crippen LogP contribution < -0.4 is 10.6 Å². The highest BCUT2D eigenvalue weighted by molar-refractivity contribution is 7.80. The van der Waals surface area contributed by atoms with E-state index in [4.69, 9.17) is 23.8 Å². The van der Waals surface area contributed by atoms with Gasteiger partial charge in [0.1, 0.15) is 5.01 Å². The number of aromatic nitrogens is 4. The summed E-state index contributed by atoms with van der Waals surface area (Å²) in [6, 6.07) is 12.9. The third kappa shape index (κ3) is 4.18. The average Bonchev–Trinajstić information content (AvgIpc) is 3.28. The summed E-state index contributed by atoms with van der Waals surface area (Å²) in [5.41, 5.74) is 2.99. The van der Waals surface area contributed by atoms with Crippen molar-refractivity contribution in [3.8, 4) is 10.6 Å². The van der Waals surface area contributed by atoms with E-state index in [2.05, 4.69) is 25.9 Å². The van der Waals surface area contributed by atoms with Crippen molar-refractivity contribution in [3.63, 3.8) is 0 Å². The van der Waals surface area contributed by atoms with E-state index >= 15 is 0 Å². The number of carbonyl (C=O) groups excluding carboxylic acids is 1. The standard InChI is InChI=1S/C20H17ClN6OS2/c1-3-16-24-25-20-27(16)26-18(30-20)12-5-4-6-13(10-12)22-19(29)23-17(28)14-8-7-11(2)9-15(14)21/h4-10H,3H2,1-2H3,(H2,22,23,28,29). The first-order chi connectivity index (χ1) is 14.4. The Morgan fingerprint density at radius 3 is 2.83 bits per heavy atom. The molecule has 0 aliphatic rings. The maximum atomic E-state index is 12.4. The van der Waals surface area contributed by atoms with Crippen LogP contribution in [-0.4, -0.2) is 30.8 Å². The van der Waals surface area contributed by atoms with Crippen molar-refractivity contribution in [2.45, 2.75) is 20.3 Å². The van der Waals surface area contributed by atoms with Crippen LogP contribution in [0.3, 0.4) is 0 Å². The summed E-state index contributed by atoms with van der Waals surface area (Å²) < 4.78 is 1.76. The molecular formula is C20H17ClN6OS2. The minimum Gasteiger partial charge on any atom is -0.332 e. The first kappa shape index (κ1) is 20.4. The van der Waals surface area contributed by atoms with Gasteiger partial charge in [0.2, 0.25) is 4.96 Å². The molecule has 0 aliphatic heterocycles. The molecule has 7 nitrogen and oxygen atoms in total. The zero-order valence-corrected chi connectivity index (χ0v) is 18.5. The number of carbonyl (C=O) groups is 1. The molecule has 4 rings (SSSR count). The van der Waals surface area contributed by atoms with Crippen LogP contribution in [0.1, 0.15) is 28.7 Å². The van der Waals surface area contributed by atoms with Crippen molar-refractivity contribution in [1.29, 1.82) is 0 Å². The third-order valence-electron chi connectivity index (χ3n) is 4.34. The van der Waals surface area contributed by atoms with E-state index in [1.807, 2.05) is 44.2 Å². The van der Waals surface area contributed by atoms with Gasteiger partial charge < -0.3 is 5.32 Å². The van der Waals surface area contributed by atoms with E-state index in [1.54, 1.807) is 16.6 Å². The molecule has 2 aromatic carbocycles. The molecule has 10 heteroatoms. The fourth-order valence-corrected chi connectivity index (χ4v) is 4.25. The highest BCUT2D eigenvalue weighted by atomic mass is 35.5. The molecule has 0 bridgehead atoms. The van der Waals surface area contributed by atoms with Gasteiger partial charge in [-0.3, -0.25) is 10.1 Å². The van der Waals surface area contributed by atoms with Crippen LogP contribution in [0, 0.1) is 6.92 Å². The Balaban J connectivity index is 1.49. The van der Waals surface area contributed by atoms with Gasteiger partial charge >= 0.3 is 0 Å². The number of amides is 1. The molecule has 1 amide bonds. The topological polar surface area (TPSA) is 84.2 Å². The number of thiocarbonyl (C=S) groups is 1. The molecule has 0 radical (unpaired) electrons. The molecule has 0 saturated heterocycles. The molecule has 2 aromatic heterocycles. The van der Waals surface area contributed by atoms with Crippen molar-refractivity contribution < 1.29 is 4.79 Å². The number of hydrogen-bond donors (Lipinski definition) is 2. The van der Waals surface area contributed by atoms with Crippen LogP contribution in [-0.2, 0) is 6.42 Å². The van der Waals surface area contributed by atoms with Crippen LogP contribution in [0.25, 0.3) is 15.5 Å². The minimum atomic E-state index is -0.366. The lowest BCUT2D eigenvalue weighted by Gasteiger charge is -2.11. The SMILES string of the molecule is CCc1nnc2sc(-c3cccc(NC(=S)NC(=O)c4ccc(C)cc4Cl)c3)nn12. The number of anilines is 1. The van der Waals surface area contributed by atoms with Crippen LogP contribution in [0.4, 0.5) is 5.69 Å². The number of benzene rings is 2. The van der Waals surface area contributed by atoms with Crippen LogP contribution >= 0.6 is 35.2 Å². The van der Waals surface area contributed by atoms with Crippen molar-refractivity contribution in [1.82, 2.24) is 25.1 Å². The molecule has 152 valence electrons. The zero-order valence-electron chi connectivity index (χ0n) is 16.1. The largest absolute Gasteiger partial charge is 0.332 e. The Hall–Kier alpha value is -2.88. The molecule has 0 atom stereocenters. The van der Waals surface area contributed by atoms with E-state index < -0.39 is 0 Å². The van der Waals surface area contributed by atoms with E-state index in [-0.39, 0.29) is 11.0 Å². The van der Waals surface area contributed by atoms with Crippen molar-refractivity contribution in [3.05, 3.63) is 64.4 Å². The number of nitrogens with one attached hydrogen (secondary N) is 2. The number of halogens is 1. The van der Waals surface area contributed by atoms with Gasteiger partial charge in [0.05, 0.1) is 10.6 Å². The van der Waals surface area contributed by atoms with Crippen molar-refractivity contribution in [2.24, 2.45) is 0 Å². The van der Waals surface area contributed by atoms with E-state index in [9.17, 15) is 4.79 Å². The molecule has 2 heterocycles. The summed E-state index contributed by atoms with van der Waals surface area (Å²) in [6.07, 6.45) is 0.755. The molecule has 0 spiro atoms. The predicted molar refractivity (Wildman–Crippen MR) is 123 cm³/mol. The van der Waals surface area contributed by atoms with Crippen LogP contribution in [0.2, 0.25) is 5.02 Å². The molecule has 0 aliphatic carbocycles. The summed E-state index contributed by atoms with van der Waals surface area (Å²) in [5.74, 6) is 0.454. The highest BCUT2D eigenvalue weighted by Gasteiger charge is 2.14. The lowest BCUT2D eigenvalue weighted by Crippen LogP contribution is -2.34. The van der Waals surface area contributed by atoms with E-state index in [0.29, 0.717) is 10.6 Å². The monoisotopic (exact) mass is 456 g/mol. The minimum absolute atomic E-state index is 0.181. The second-order valence-electron chi connectivity index (χ2n) is 6.54. The first-order valence-electron chi connectivity index (χ1n) is 9.14. The lowest BCUT2D eigenvalue weighted by molar-refractivity contribution is 0.0978. The summed E-state index contributed by atoms with van der Waals surface area (Å²) in [4.78, 5) is 13.2. The van der Waals surface area contributed by atoms with Gasteiger partial charge in [0.25, 0.3) is 5.91 Å². The Kier molecular flexibility index (Phi) is 5.76. The molecule has 2 N–H and O–H groups in total. The number of fused-ring (bicyclic) bond motifs is 1. The molecule has 0 saturated carbocycles. The lowest BCUT2D eigenvalue weighted by atomic mass is 10.1. The fourth-order valence-electron chi connectivity index (χ4n) is 2.86. The number of nitrogens with zero attached hydrogens (tertiary/aromatic N) is 4. The number of aryl methyl sites for hydroxylation is 2. The maximum Gasteiger partial charge on any atom is 0.258 e. The number of rotatable bonds is 4. The Morgan fingerprint density at radius 1 is 1.23 bits per heavy atom.